The molecule has 0 bridgehead atoms. The van der Waals surface area contributed by atoms with Crippen molar-refractivity contribution in [3.05, 3.63) is 35.3 Å². The van der Waals surface area contributed by atoms with Crippen LogP contribution in [0.2, 0.25) is 0 Å². The molecular formula is C17H16FN5O5. The first-order chi connectivity index (χ1) is 13.3. The number of hydrogen-bond acceptors (Lipinski definition) is 7. The van der Waals surface area contributed by atoms with E-state index in [-0.39, 0.29) is 34.7 Å². The summed E-state index contributed by atoms with van der Waals surface area (Å²) >= 11 is 0. The molecule has 1 aliphatic carbocycles. The fraction of sp³-hybridized carbons (Fsp3) is 0.235. The van der Waals surface area contributed by atoms with Crippen LogP contribution in [0.1, 0.15) is 33.7 Å². The van der Waals surface area contributed by atoms with E-state index >= 15 is 0 Å². The van der Waals surface area contributed by atoms with E-state index in [4.69, 9.17) is 5.11 Å². The van der Waals surface area contributed by atoms with Gasteiger partial charge in [-0.1, -0.05) is 0 Å². The summed E-state index contributed by atoms with van der Waals surface area (Å²) in [5.41, 5.74) is -1.17. The Bertz CT molecular complexity index is 977. The van der Waals surface area contributed by atoms with Gasteiger partial charge in [-0.15, -0.1) is 10.2 Å². The number of phenols is 1. The van der Waals surface area contributed by atoms with Crippen molar-refractivity contribution < 1.29 is 29.0 Å². The molecule has 2 aromatic rings. The lowest BCUT2D eigenvalue weighted by molar-refractivity contribution is -0.117. The zero-order valence-electron chi connectivity index (χ0n) is 14.6. The lowest BCUT2D eigenvalue weighted by atomic mass is 10.1. The molecule has 3 rings (SSSR count). The summed E-state index contributed by atoms with van der Waals surface area (Å²) in [6.07, 6.45) is 1.55. The number of amides is 2. The fourth-order valence-corrected chi connectivity index (χ4v) is 2.41. The third kappa shape index (κ3) is 3.98. The minimum Gasteiger partial charge on any atom is -0.505 e. The van der Waals surface area contributed by atoms with Crippen LogP contribution >= 0.6 is 0 Å². The van der Waals surface area contributed by atoms with Gasteiger partial charge in [0.1, 0.15) is 11.4 Å². The standard InChI is InChI=1S/C17H16FN5O5/c1-19-16(26)13-10(6-12(22-23-13)21-15(25)7-2-3-7)20-11-5-8(18)4-9(14(11)24)17(27)28/h4-7,24H,2-3H2,1H3,(H,19,26)(H,27,28)(H2,20,21,22,25). The molecule has 1 saturated carbocycles. The molecule has 11 heteroatoms. The number of anilines is 3. The Morgan fingerprint density at radius 2 is 1.86 bits per heavy atom. The van der Waals surface area contributed by atoms with Crippen LogP contribution in [0.5, 0.6) is 5.75 Å². The van der Waals surface area contributed by atoms with Crippen molar-refractivity contribution in [3.63, 3.8) is 0 Å². The van der Waals surface area contributed by atoms with E-state index in [1.54, 1.807) is 0 Å². The Morgan fingerprint density at radius 1 is 1.14 bits per heavy atom. The summed E-state index contributed by atoms with van der Waals surface area (Å²) in [4.78, 5) is 35.1. The van der Waals surface area contributed by atoms with Gasteiger partial charge in [0.15, 0.2) is 17.3 Å². The van der Waals surface area contributed by atoms with Crippen molar-refractivity contribution in [2.75, 3.05) is 17.7 Å². The van der Waals surface area contributed by atoms with Crippen molar-refractivity contribution in [2.24, 2.45) is 5.92 Å². The van der Waals surface area contributed by atoms with Crippen LogP contribution in [0, 0.1) is 11.7 Å². The van der Waals surface area contributed by atoms with Gasteiger partial charge >= 0.3 is 5.97 Å². The molecule has 1 heterocycles. The maximum atomic E-state index is 13.8. The van der Waals surface area contributed by atoms with Gasteiger partial charge in [0.25, 0.3) is 5.91 Å². The van der Waals surface area contributed by atoms with Crippen molar-refractivity contribution in [2.45, 2.75) is 12.8 Å². The van der Waals surface area contributed by atoms with E-state index in [1.165, 1.54) is 13.1 Å². The Balaban J connectivity index is 2.00. The number of halogens is 1. The lowest BCUT2D eigenvalue weighted by Gasteiger charge is -2.14. The molecule has 1 aromatic carbocycles. The molecule has 0 saturated heterocycles. The molecule has 28 heavy (non-hydrogen) atoms. The van der Waals surface area contributed by atoms with Crippen LogP contribution in [0.4, 0.5) is 21.6 Å². The topological polar surface area (TPSA) is 154 Å². The molecule has 1 aliphatic rings. The number of hydrogen-bond donors (Lipinski definition) is 5. The second-order valence-electron chi connectivity index (χ2n) is 6.11. The largest absolute Gasteiger partial charge is 0.505 e. The van der Waals surface area contributed by atoms with Crippen LogP contribution in [-0.4, -0.2) is 45.2 Å². The first kappa shape index (κ1) is 19.0. The highest BCUT2D eigenvalue weighted by atomic mass is 19.1. The van der Waals surface area contributed by atoms with Gasteiger partial charge in [0, 0.05) is 25.1 Å². The molecule has 1 fully saturated rings. The molecule has 5 N–H and O–H groups in total. The van der Waals surface area contributed by atoms with Gasteiger partial charge in [-0.05, 0) is 18.9 Å². The van der Waals surface area contributed by atoms with Crippen molar-refractivity contribution >= 4 is 35.0 Å². The number of aromatic nitrogens is 2. The average molecular weight is 389 g/mol. The number of carboxylic acid groups (broad SMARTS) is 1. The quantitative estimate of drug-likeness (QED) is 0.466. The molecule has 146 valence electrons. The lowest BCUT2D eigenvalue weighted by Crippen LogP contribution is -2.22. The van der Waals surface area contributed by atoms with Crippen LogP contribution in [0.25, 0.3) is 0 Å². The summed E-state index contributed by atoms with van der Waals surface area (Å²) < 4.78 is 13.8. The SMILES string of the molecule is CNC(=O)c1nnc(NC(=O)C2CC2)cc1Nc1cc(F)cc(C(=O)O)c1O. The molecule has 0 unspecified atom stereocenters. The van der Waals surface area contributed by atoms with E-state index in [0.717, 1.165) is 18.9 Å². The number of aromatic hydroxyl groups is 1. The zero-order chi connectivity index (χ0) is 20.4. The third-order valence-electron chi connectivity index (χ3n) is 4.01. The Labute approximate surface area is 157 Å². The number of carboxylic acids is 1. The Morgan fingerprint density at radius 3 is 2.46 bits per heavy atom. The molecule has 2 amide bonds. The number of benzene rings is 1. The van der Waals surface area contributed by atoms with Crippen LogP contribution in [0.3, 0.4) is 0 Å². The summed E-state index contributed by atoms with van der Waals surface area (Å²) in [6, 6.07) is 2.80. The second-order valence-corrected chi connectivity index (χ2v) is 6.11. The second kappa shape index (κ2) is 7.47. The van der Waals surface area contributed by atoms with Crippen LogP contribution in [0.15, 0.2) is 18.2 Å². The summed E-state index contributed by atoms with van der Waals surface area (Å²) in [5, 5.41) is 34.2. The van der Waals surface area contributed by atoms with Crippen molar-refractivity contribution in [3.8, 4) is 5.75 Å². The minimum atomic E-state index is -1.53. The number of aromatic carboxylic acids is 1. The minimum absolute atomic E-state index is 0.0160. The van der Waals surface area contributed by atoms with Gasteiger partial charge in [-0.2, -0.15) is 0 Å². The van der Waals surface area contributed by atoms with Gasteiger partial charge < -0.3 is 26.2 Å². The normalized spacial score (nSPS) is 12.9. The monoisotopic (exact) mass is 389 g/mol. The Hall–Kier alpha value is -3.76. The van der Waals surface area contributed by atoms with E-state index in [1.807, 2.05) is 0 Å². The smallest absolute Gasteiger partial charge is 0.339 e. The number of rotatable bonds is 6. The molecule has 0 spiro atoms. The van der Waals surface area contributed by atoms with E-state index in [0.29, 0.717) is 6.07 Å². The van der Waals surface area contributed by atoms with E-state index < -0.39 is 29.0 Å². The molecule has 0 atom stereocenters. The van der Waals surface area contributed by atoms with E-state index in [2.05, 4.69) is 26.1 Å². The molecular weight excluding hydrogens is 373 g/mol. The molecule has 0 radical (unpaired) electrons. The van der Waals surface area contributed by atoms with Gasteiger partial charge in [0.05, 0.1) is 11.4 Å². The first-order valence-electron chi connectivity index (χ1n) is 8.23. The third-order valence-corrected chi connectivity index (χ3v) is 4.01. The van der Waals surface area contributed by atoms with Crippen molar-refractivity contribution in [1.29, 1.82) is 0 Å². The predicted octanol–water partition coefficient (Wildman–Crippen LogP) is 1.47. The molecule has 10 nitrogen and oxygen atoms in total. The summed E-state index contributed by atoms with van der Waals surface area (Å²) in [6.45, 7) is 0. The van der Waals surface area contributed by atoms with Crippen molar-refractivity contribution in [1.82, 2.24) is 15.5 Å². The number of carbonyl (C=O) groups is 3. The number of nitrogens with zero attached hydrogens (tertiary/aromatic N) is 2. The highest BCUT2D eigenvalue weighted by Gasteiger charge is 2.30. The predicted molar refractivity (Wildman–Crippen MR) is 95.1 cm³/mol. The highest BCUT2D eigenvalue weighted by Crippen LogP contribution is 2.33. The first-order valence-corrected chi connectivity index (χ1v) is 8.23. The van der Waals surface area contributed by atoms with Gasteiger partial charge in [0.2, 0.25) is 5.91 Å². The maximum absolute atomic E-state index is 13.8. The average Bonchev–Trinajstić information content (AvgIpc) is 3.49. The number of nitrogens with one attached hydrogen (secondary N) is 3. The Kier molecular flexibility index (Phi) is 5.07. The van der Waals surface area contributed by atoms with Gasteiger partial charge in [-0.25, -0.2) is 9.18 Å². The fourth-order valence-electron chi connectivity index (χ4n) is 2.41. The van der Waals surface area contributed by atoms with Gasteiger partial charge in [-0.3, -0.25) is 9.59 Å². The molecule has 1 aromatic heterocycles. The molecule has 0 aliphatic heterocycles. The highest BCUT2D eigenvalue weighted by molar-refractivity contribution is 6.00. The van der Waals surface area contributed by atoms with Crippen LogP contribution < -0.4 is 16.0 Å². The van der Waals surface area contributed by atoms with Crippen LogP contribution in [-0.2, 0) is 4.79 Å². The summed E-state index contributed by atoms with van der Waals surface area (Å²) in [7, 11) is 1.36. The summed E-state index contributed by atoms with van der Waals surface area (Å²) in [5.74, 6) is -4.10. The zero-order valence-corrected chi connectivity index (χ0v) is 14.6. The van der Waals surface area contributed by atoms with E-state index in [9.17, 15) is 23.9 Å². The number of carbonyl (C=O) groups excluding carboxylic acids is 2. The maximum Gasteiger partial charge on any atom is 0.339 e.